The molecular weight excluding hydrogens is 283 g/mol. The molecule has 22 heavy (non-hydrogen) atoms. The molecule has 1 aromatic rings. The van der Waals surface area contributed by atoms with Crippen molar-refractivity contribution in [3.05, 3.63) is 35.1 Å². The maximum Gasteiger partial charge on any atom is 0.251 e. The Morgan fingerprint density at radius 2 is 2.32 bits per heavy atom. The molecule has 1 heterocycles. The van der Waals surface area contributed by atoms with Crippen molar-refractivity contribution in [2.24, 2.45) is 5.92 Å². The molecule has 1 aliphatic heterocycles. The van der Waals surface area contributed by atoms with Crippen LogP contribution < -0.4 is 5.32 Å². The van der Waals surface area contributed by atoms with Crippen molar-refractivity contribution < 1.29 is 13.9 Å². The molecule has 0 saturated carbocycles. The van der Waals surface area contributed by atoms with E-state index in [-0.39, 0.29) is 11.7 Å². The molecule has 1 aliphatic rings. The number of halogens is 1. The van der Waals surface area contributed by atoms with Crippen molar-refractivity contribution in [1.29, 1.82) is 0 Å². The van der Waals surface area contributed by atoms with Crippen molar-refractivity contribution in [3.8, 4) is 0 Å². The van der Waals surface area contributed by atoms with Gasteiger partial charge >= 0.3 is 0 Å². The number of hydrogen-bond acceptors (Lipinski definition) is 3. The van der Waals surface area contributed by atoms with Gasteiger partial charge in [0.05, 0.1) is 0 Å². The lowest BCUT2D eigenvalue weighted by molar-refractivity contribution is 0.0946. The number of rotatable bonds is 7. The lowest BCUT2D eigenvalue weighted by atomic mass is 10.1. The van der Waals surface area contributed by atoms with Gasteiger partial charge in [-0.3, -0.25) is 4.79 Å². The number of nitrogens with one attached hydrogen (secondary N) is 1. The smallest absolute Gasteiger partial charge is 0.251 e. The molecule has 122 valence electrons. The quantitative estimate of drug-likeness (QED) is 0.785. The van der Waals surface area contributed by atoms with Gasteiger partial charge in [-0.15, -0.1) is 0 Å². The van der Waals surface area contributed by atoms with E-state index in [1.54, 1.807) is 13.2 Å². The number of nitrogens with zero attached hydrogens (tertiary/aromatic N) is 1. The first kappa shape index (κ1) is 16.9. The number of amides is 1. The van der Waals surface area contributed by atoms with E-state index >= 15 is 0 Å². The van der Waals surface area contributed by atoms with Crippen LogP contribution in [0.15, 0.2) is 18.2 Å². The van der Waals surface area contributed by atoms with Gasteiger partial charge in [0.15, 0.2) is 0 Å². The normalized spacial score (nSPS) is 18.6. The van der Waals surface area contributed by atoms with Gasteiger partial charge < -0.3 is 15.0 Å². The number of methoxy groups -OCH3 is 1. The summed E-state index contributed by atoms with van der Waals surface area (Å²) in [6.07, 6.45) is 2.13. The Balaban J connectivity index is 1.76. The van der Waals surface area contributed by atoms with Crippen LogP contribution >= 0.6 is 0 Å². The summed E-state index contributed by atoms with van der Waals surface area (Å²) in [5.41, 5.74) is 1.22. The average molecular weight is 308 g/mol. The van der Waals surface area contributed by atoms with Gasteiger partial charge in [0.2, 0.25) is 0 Å². The number of benzene rings is 1. The van der Waals surface area contributed by atoms with Crippen LogP contribution in [0.2, 0.25) is 0 Å². The Morgan fingerprint density at radius 3 is 3.09 bits per heavy atom. The number of likely N-dealkylation sites (tertiary alicyclic amines) is 1. The highest BCUT2D eigenvalue weighted by molar-refractivity contribution is 5.95. The van der Waals surface area contributed by atoms with E-state index in [9.17, 15) is 9.18 Å². The number of carbonyl (C=O) groups is 1. The summed E-state index contributed by atoms with van der Waals surface area (Å²) in [7, 11) is 1.72. The summed E-state index contributed by atoms with van der Waals surface area (Å²) < 4.78 is 18.3. The predicted molar refractivity (Wildman–Crippen MR) is 84.5 cm³/mol. The van der Waals surface area contributed by atoms with Gasteiger partial charge in [-0.2, -0.15) is 0 Å². The Bertz CT molecular complexity index is 507. The van der Waals surface area contributed by atoms with Crippen LogP contribution in [-0.4, -0.2) is 50.7 Å². The molecule has 4 nitrogen and oxygen atoms in total. The van der Waals surface area contributed by atoms with Crippen LogP contribution in [0.5, 0.6) is 0 Å². The third-order valence-electron chi connectivity index (χ3n) is 4.19. The van der Waals surface area contributed by atoms with E-state index < -0.39 is 0 Å². The molecule has 1 N–H and O–H groups in total. The van der Waals surface area contributed by atoms with Gasteiger partial charge in [0.25, 0.3) is 5.91 Å². The summed E-state index contributed by atoms with van der Waals surface area (Å²) in [4.78, 5) is 14.6. The first-order valence-electron chi connectivity index (χ1n) is 7.86. The van der Waals surface area contributed by atoms with E-state index in [0.717, 1.165) is 44.6 Å². The molecular formula is C17H25FN2O2. The molecule has 0 unspecified atom stereocenters. The molecule has 1 fully saturated rings. The highest BCUT2D eigenvalue weighted by Gasteiger charge is 2.22. The molecule has 0 spiro atoms. The van der Waals surface area contributed by atoms with E-state index in [1.165, 1.54) is 12.1 Å². The maximum atomic E-state index is 13.3. The van der Waals surface area contributed by atoms with Crippen molar-refractivity contribution in [2.45, 2.75) is 19.8 Å². The Morgan fingerprint density at radius 1 is 1.50 bits per heavy atom. The first-order chi connectivity index (χ1) is 10.6. The topological polar surface area (TPSA) is 41.6 Å². The molecule has 2 rings (SSSR count). The van der Waals surface area contributed by atoms with Gasteiger partial charge in [0, 0.05) is 38.9 Å². The number of carbonyl (C=O) groups excluding carboxylic acids is 1. The minimum atomic E-state index is -0.374. The third-order valence-corrected chi connectivity index (χ3v) is 4.19. The van der Waals surface area contributed by atoms with Crippen LogP contribution in [0.1, 0.15) is 28.8 Å². The summed E-state index contributed by atoms with van der Waals surface area (Å²) in [6, 6.07) is 4.31. The van der Waals surface area contributed by atoms with Gasteiger partial charge in [-0.1, -0.05) is 6.07 Å². The molecule has 1 amide bonds. The van der Waals surface area contributed by atoms with E-state index in [1.807, 2.05) is 6.92 Å². The maximum absolute atomic E-state index is 13.3. The first-order valence-corrected chi connectivity index (χ1v) is 7.86. The Kier molecular flexibility index (Phi) is 6.34. The minimum Gasteiger partial charge on any atom is -0.385 e. The standard InChI is InChI=1S/C17H25FN2O2/c1-13-4-5-15(18)10-16(13)17(21)19-11-14-6-8-20(12-14)7-3-9-22-2/h4-5,10,14H,3,6-9,11-12H2,1-2H3,(H,19,21)/t14-/m0/s1. The lowest BCUT2D eigenvalue weighted by Gasteiger charge is -2.16. The molecule has 1 atom stereocenters. The van der Waals surface area contributed by atoms with Crippen molar-refractivity contribution in [2.75, 3.05) is 39.9 Å². The summed E-state index contributed by atoms with van der Waals surface area (Å²) in [5.74, 6) is -0.0869. The van der Waals surface area contributed by atoms with E-state index in [4.69, 9.17) is 4.74 Å². The fourth-order valence-electron chi connectivity index (χ4n) is 2.89. The zero-order valence-electron chi connectivity index (χ0n) is 13.4. The van der Waals surface area contributed by atoms with E-state index in [2.05, 4.69) is 10.2 Å². The second-order valence-corrected chi connectivity index (χ2v) is 5.97. The zero-order valence-corrected chi connectivity index (χ0v) is 13.4. The number of ether oxygens (including phenoxy) is 1. The van der Waals surface area contributed by atoms with Crippen molar-refractivity contribution in [1.82, 2.24) is 10.2 Å². The minimum absolute atomic E-state index is 0.185. The Hall–Kier alpha value is -1.46. The fraction of sp³-hybridized carbons (Fsp3) is 0.588. The monoisotopic (exact) mass is 308 g/mol. The van der Waals surface area contributed by atoms with Crippen molar-refractivity contribution >= 4 is 5.91 Å². The average Bonchev–Trinajstić information content (AvgIpc) is 2.95. The molecule has 1 aromatic carbocycles. The van der Waals surface area contributed by atoms with E-state index in [0.29, 0.717) is 18.0 Å². The zero-order chi connectivity index (χ0) is 15.9. The SMILES string of the molecule is COCCCN1CC[C@@H](CNC(=O)c2cc(F)ccc2C)C1. The second-order valence-electron chi connectivity index (χ2n) is 5.97. The van der Waals surface area contributed by atoms with Gasteiger partial charge in [0.1, 0.15) is 5.82 Å². The van der Waals surface area contributed by atoms with Crippen LogP contribution in [0.4, 0.5) is 4.39 Å². The molecule has 0 aliphatic carbocycles. The third kappa shape index (κ3) is 4.78. The summed E-state index contributed by atoms with van der Waals surface area (Å²) in [6.45, 7) is 6.38. The van der Waals surface area contributed by atoms with Crippen LogP contribution in [0, 0.1) is 18.7 Å². The summed E-state index contributed by atoms with van der Waals surface area (Å²) >= 11 is 0. The fourth-order valence-corrected chi connectivity index (χ4v) is 2.89. The largest absolute Gasteiger partial charge is 0.385 e. The number of aryl methyl sites for hydroxylation is 1. The van der Waals surface area contributed by atoms with Gasteiger partial charge in [-0.05, 0) is 49.9 Å². The Labute approximate surface area is 131 Å². The van der Waals surface area contributed by atoms with Crippen LogP contribution in [-0.2, 0) is 4.74 Å². The van der Waals surface area contributed by atoms with Crippen LogP contribution in [0.3, 0.4) is 0 Å². The molecule has 1 saturated heterocycles. The highest BCUT2D eigenvalue weighted by atomic mass is 19.1. The highest BCUT2D eigenvalue weighted by Crippen LogP contribution is 2.16. The second kappa shape index (κ2) is 8.25. The van der Waals surface area contributed by atoms with Crippen molar-refractivity contribution in [3.63, 3.8) is 0 Å². The summed E-state index contributed by atoms with van der Waals surface area (Å²) in [5, 5.41) is 2.94. The number of hydrogen-bond donors (Lipinski definition) is 1. The van der Waals surface area contributed by atoms with Gasteiger partial charge in [-0.25, -0.2) is 4.39 Å². The molecule has 5 heteroatoms. The molecule has 0 bridgehead atoms. The lowest BCUT2D eigenvalue weighted by Crippen LogP contribution is -2.31. The molecule has 0 radical (unpaired) electrons. The molecule has 0 aromatic heterocycles. The van der Waals surface area contributed by atoms with Crippen LogP contribution in [0.25, 0.3) is 0 Å². The predicted octanol–water partition coefficient (Wildman–Crippen LogP) is 2.22.